The summed E-state index contributed by atoms with van der Waals surface area (Å²) in [7, 11) is 3.26. The van der Waals surface area contributed by atoms with Gasteiger partial charge < -0.3 is 19.9 Å². The van der Waals surface area contributed by atoms with Crippen LogP contribution in [-0.4, -0.2) is 32.4 Å². The normalized spacial score (nSPS) is 27.1. The summed E-state index contributed by atoms with van der Waals surface area (Å²) in [6.45, 7) is 3.72. The van der Waals surface area contributed by atoms with Gasteiger partial charge in [0, 0.05) is 12.5 Å². The van der Waals surface area contributed by atoms with Crippen LogP contribution in [0.15, 0.2) is 18.2 Å². The molecule has 4 heteroatoms. The quantitative estimate of drug-likeness (QED) is 0.873. The van der Waals surface area contributed by atoms with E-state index in [0.29, 0.717) is 17.9 Å². The third-order valence-corrected chi connectivity index (χ3v) is 4.10. The van der Waals surface area contributed by atoms with Gasteiger partial charge in [-0.15, -0.1) is 0 Å². The van der Waals surface area contributed by atoms with E-state index in [1.54, 1.807) is 14.2 Å². The Kier molecular flexibility index (Phi) is 4.32. The maximum Gasteiger partial charge on any atom is 0.128 e. The Bertz CT molecular complexity index is 413. The molecule has 0 saturated carbocycles. The van der Waals surface area contributed by atoms with Crippen LogP contribution in [-0.2, 0) is 5.60 Å². The fraction of sp³-hybridized carbons (Fsp3) is 0.600. The van der Waals surface area contributed by atoms with E-state index in [2.05, 4.69) is 12.2 Å². The van der Waals surface area contributed by atoms with Crippen molar-refractivity contribution in [3.8, 4) is 11.5 Å². The molecule has 0 spiro atoms. The van der Waals surface area contributed by atoms with Crippen molar-refractivity contribution >= 4 is 0 Å². The van der Waals surface area contributed by atoms with Gasteiger partial charge in [-0.25, -0.2) is 0 Å². The van der Waals surface area contributed by atoms with Crippen molar-refractivity contribution < 1.29 is 14.6 Å². The van der Waals surface area contributed by atoms with Crippen molar-refractivity contribution in [3.05, 3.63) is 23.8 Å². The van der Waals surface area contributed by atoms with Crippen LogP contribution < -0.4 is 14.8 Å². The Morgan fingerprint density at radius 3 is 2.47 bits per heavy atom. The summed E-state index contributed by atoms with van der Waals surface area (Å²) < 4.78 is 10.9. The van der Waals surface area contributed by atoms with Gasteiger partial charge in [-0.3, -0.25) is 0 Å². The molecule has 0 aliphatic carbocycles. The SMILES string of the molecule is CCC1CNCCC1(O)c1c(OC)cccc1OC. The molecule has 0 amide bonds. The van der Waals surface area contributed by atoms with Gasteiger partial charge in [-0.1, -0.05) is 13.0 Å². The monoisotopic (exact) mass is 265 g/mol. The van der Waals surface area contributed by atoms with Crippen LogP contribution in [0.4, 0.5) is 0 Å². The third kappa shape index (κ3) is 2.42. The van der Waals surface area contributed by atoms with Gasteiger partial charge in [0.2, 0.25) is 0 Å². The highest BCUT2D eigenvalue weighted by atomic mass is 16.5. The minimum Gasteiger partial charge on any atom is -0.496 e. The molecule has 1 fully saturated rings. The van der Waals surface area contributed by atoms with Gasteiger partial charge in [0.1, 0.15) is 17.1 Å². The number of nitrogens with one attached hydrogen (secondary N) is 1. The molecule has 1 aromatic rings. The highest BCUT2D eigenvalue weighted by molar-refractivity contribution is 5.49. The first-order valence-electron chi connectivity index (χ1n) is 6.82. The summed E-state index contributed by atoms with van der Waals surface area (Å²) in [5, 5.41) is 14.6. The fourth-order valence-corrected chi connectivity index (χ4v) is 3.02. The van der Waals surface area contributed by atoms with Crippen LogP contribution in [0.3, 0.4) is 0 Å². The topological polar surface area (TPSA) is 50.7 Å². The minimum absolute atomic E-state index is 0.159. The molecule has 1 aliphatic heterocycles. The van der Waals surface area contributed by atoms with Gasteiger partial charge >= 0.3 is 0 Å². The second kappa shape index (κ2) is 5.80. The Balaban J connectivity index is 2.54. The second-order valence-electron chi connectivity index (χ2n) is 5.02. The van der Waals surface area contributed by atoms with Gasteiger partial charge in [0.05, 0.1) is 19.8 Å². The number of hydrogen-bond donors (Lipinski definition) is 2. The molecule has 0 aromatic heterocycles. The largest absolute Gasteiger partial charge is 0.496 e. The number of benzene rings is 1. The Morgan fingerprint density at radius 2 is 1.95 bits per heavy atom. The van der Waals surface area contributed by atoms with E-state index in [9.17, 15) is 5.11 Å². The Hall–Kier alpha value is -1.26. The van der Waals surface area contributed by atoms with Crippen molar-refractivity contribution in [2.45, 2.75) is 25.4 Å². The standard InChI is InChI=1S/C15H23NO3/c1-4-11-10-16-9-8-15(11,17)14-12(18-2)6-5-7-13(14)19-3/h5-7,11,16-17H,4,8-10H2,1-3H3. The first-order valence-corrected chi connectivity index (χ1v) is 6.82. The molecule has 0 bridgehead atoms. The highest BCUT2D eigenvalue weighted by Gasteiger charge is 2.43. The van der Waals surface area contributed by atoms with Gasteiger partial charge in [0.25, 0.3) is 0 Å². The lowest BCUT2D eigenvalue weighted by Gasteiger charge is -2.41. The first-order chi connectivity index (χ1) is 9.17. The Morgan fingerprint density at radius 1 is 1.32 bits per heavy atom. The molecule has 1 heterocycles. The molecular formula is C15H23NO3. The van der Waals surface area contributed by atoms with E-state index in [-0.39, 0.29) is 5.92 Å². The predicted molar refractivity (Wildman–Crippen MR) is 74.7 cm³/mol. The minimum atomic E-state index is -0.891. The lowest BCUT2D eigenvalue weighted by molar-refractivity contribution is -0.0509. The highest BCUT2D eigenvalue weighted by Crippen LogP contribution is 2.45. The molecule has 1 aromatic carbocycles. The van der Waals surface area contributed by atoms with E-state index in [1.165, 1.54) is 0 Å². The summed E-state index contributed by atoms with van der Waals surface area (Å²) in [6, 6.07) is 5.64. The maximum atomic E-state index is 11.2. The molecule has 106 valence electrons. The molecule has 1 aliphatic rings. The van der Waals surface area contributed by atoms with E-state index >= 15 is 0 Å². The predicted octanol–water partition coefficient (Wildman–Crippen LogP) is 1.91. The van der Waals surface area contributed by atoms with Crippen LogP contribution in [0.2, 0.25) is 0 Å². The molecule has 0 radical (unpaired) electrons. The lowest BCUT2D eigenvalue weighted by Crippen LogP contribution is -2.48. The number of piperidine rings is 1. The average Bonchev–Trinajstić information content (AvgIpc) is 2.46. The van der Waals surface area contributed by atoms with Crippen molar-refractivity contribution in [2.24, 2.45) is 5.92 Å². The average molecular weight is 265 g/mol. The lowest BCUT2D eigenvalue weighted by atomic mass is 9.74. The van der Waals surface area contributed by atoms with Crippen molar-refractivity contribution in [2.75, 3.05) is 27.3 Å². The van der Waals surface area contributed by atoms with E-state index in [0.717, 1.165) is 25.1 Å². The van der Waals surface area contributed by atoms with Crippen molar-refractivity contribution in [3.63, 3.8) is 0 Å². The molecule has 2 atom stereocenters. The van der Waals surface area contributed by atoms with Crippen molar-refractivity contribution in [1.29, 1.82) is 0 Å². The zero-order valence-corrected chi connectivity index (χ0v) is 11.9. The summed E-state index contributed by atoms with van der Waals surface area (Å²) in [5.41, 5.74) is -0.105. The summed E-state index contributed by atoms with van der Waals surface area (Å²) in [4.78, 5) is 0. The maximum absolute atomic E-state index is 11.2. The molecule has 2 rings (SSSR count). The van der Waals surface area contributed by atoms with Crippen molar-refractivity contribution in [1.82, 2.24) is 5.32 Å². The zero-order valence-electron chi connectivity index (χ0n) is 11.9. The summed E-state index contributed by atoms with van der Waals surface area (Å²) in [5.74, 6) is 1.55. The van der Waals surface area contributed by atoms with E-state index < -0.39 is 5.60 Å². The third-order valence-electron chi connectivity index (χ3n) is 4.10. The van der Waals surface area contributed by atoms with Crippen LogP contribution in [0, 0.1) is 5.92 Å². The number of aliphatic hydroxyl groups is 1. The molecular weight excluding hydrogens is 242 g/mol. The molecule has 2 unspecified atom stereocenters. The molecule has 1 saturated heterocycles. The molecule has 4 nitrogen and oxygen atoms in total. The number of hydrogen-bond acceptors (Lipinski definition) is 4. The summed E-state index contributed by atoms with van der Waals surface area (Å²) >= 11 is 0. The van der Waals surface area contributed by atoms with Crippen LogP contribution >= 0.6 is 0 Å². The Labute approximate surface area is 114 Å². The van der Waals surface area contributed by atoms with E-state index in [1.807, 2.05) is 18.2 Å². The smallest absolute Gasteiger partial charge is 0.128 e. The van der Waals surface area contributed by atoms with E-state index in [4.69, 9.17) is 9.47 Å². The van der Waals surface area contributed by atoms with Gasteiger partial charge in [-0.2, -0.15) is 0 Å². The number of rotatable bonds is 4. The van der Waals surface area contributed by atoms with Gasteiger partial charge in [-0.05, 0) is 31.5 Å². The fourth-order valence-electron chi connectivity index (χ4n) is 3.02. The molecule has 2 N–H and O–H groups in total. The number of methoxy groups -OCH3 is 2. The zero-order chi connectivity index (χ0) is 13.9. The molecule has 19 heavy (non-hydrogen) atoms. The van der Waals surface area contributed by atoms with Crippen LogP contribution in [0.5, 0.6) is 11.5 Å². The second-order valence-corrected chi connectivity index (χ2v) is 5.02. The van der Waals surface area contributed by atoms with Crippen LogP contribution in [0.1, 0.15) is 25.3 Å². The van der Waals surface area contributed by atoms with Gasteiger partial charge in [0.15, 0.2) is 0 Å². The first kappa shape index (κ1) is 14.2. The number of ether oxygens (including phenoxy) is 2. The summed E-state index contributed by atoms with van der Waals surface area (Å²) in [6.07, 6.45) is 1.58. The van der Waals surface area contributed by atoms with Crippen LogP contribution in [0.25, 0.3) is 0 Å².